The van der Waals surface area contributed by atoms with E-state index >= 15 is 0 Å². The molecule has 6 nitrogen and oxygen atoms in total. The molecule has 0 unspecified atom stereocenters. The number of nitrogens with one attached hydrogen (secondary N) is 2. The van der Waals surface area contributed by atoms with Crippen LogP contribution in [-0.4, -0.2) is 25.7 Å². The van der Waals surface area contributed by atoms with E-state index in [9.17, 15) is 4.79 Å². The number of hydrogen-bond acceptors (Lipinski definition) is 5. The molecule has 3 aromatic rings. The summed E-state index contributed by atoms with van der Waals surface area (Å²) in [7, 11) is 1.57. The predicted molar refractivity (Wildman–Crippen MR) is 119 cm³/mol. The molecule has 3 aromatic carbocycles. The molecule has 0 aliphatic heterocycles. The highest BCUT2D eigenvalue weighted by Gasteiger charge is 2.14. The summed E-state index contributed by atoms with van der Waals surface area (Å²) < 4.78 is 16.5. The van der Waals surface area contributed by atoms with Gasteiger partial charge in [0, 0.05) is 5.69 Å². The smallest absolute Gasteiger partial charge is 0.246 e. The average molecular weight is 406 g/mol. The van der Waals surface area contributed by atoms with Crippen molar-refractivity contribution in [3.05, 3.63) is 72.8 Å². The van der Waals surface area contributed by atoms with Gasteiger partial charge in [-0.1, -0.05) is 12.1 Å². The van der Waals surface area contributed by atoms with Gasteiger partial charge in [0.2, 0.25) is 5.91 Å². The van der Waals surface area contributed by atoms with Crippen molar-refractivity contribution in [3.63, 3.8) is 0 Å². The maximum Gasteiger partial charge on any atom is 0.246 e. The number of rotatable bonds is 9. The van der Waals surface area contributed by atoms with Gasteiger partial charge in [0.15, 0.2) is 0 Å². The highest BCUT2D eigenvalue weighted by molar-refractivity contribution is 5.97. The zero-order chi connectivity index (χ0) is 21.3. The van der Waals surface area contributed by atoms with Gasteiger partial charge >= 0.3 is 0 Å². The first-order valence-corrected chi connectivity index (χ1v) is 9.80. The highest BCUT2D eigenvalue weighted by atomic mass is 16.5. The maximum atomic E-state index is 12.5. The third kappa shape index (κ3) is 5.67. The van der Waals surface area contributed by atoms with Gasteiger partial charge in [-0.25, -0.2) is 0 Å². The van der Waals surface area contributed by atoms with Gasteiger partial charge in [-0.3, -0.25) is 4.79 Å². The van der Waals surface area contributed by atoms with Crippen LogP contribution >= 0.6 is 0 Å². The minimum Gasteiger partial charge on any atom is -0.495 e. The fourth-order valence-electron chi connectivity index (χ4n) is 2.83. The molecule has 2 N–H and O–H groups in total. The molecule has 30 heavy (non-hydrogen) atoms. The summed E-state index contributed by atoms with van der Waals surface area (Å²) in [6, 6.07) is 21.8. The molecule has 3 rings (SSSR count). The summed E-state index contributed by atoms with van der Waals surface area (Å²) in [4.78, 5) is 12.5. The molecular weight excluding hydrogens is 380 g/mol. The molecule has 1 atom stereocenters. The Labute approximate surface area is 176 Å². The first kappa shape index (κ1) is 21.0. The Bertz CT molecular complexity index is 956. The SMILES string of the molecule is CCOc1ccc(Oc2ccc(N[C@H](C)C(=O)Nc3ccccc3OC)cc2)cc1. The second kappa shape index (κ2) is 10.2. The third-order valence-electron chi connectivity index (χ3n) is 4.37. The molecule has 0 fully saturated rings. The fraction of sp³-hybridized carbons (Fsp3) is 0.208. The standard InChI is InChI=1S/C24H26N2O4/c1-4-29-19-13-15-21(16-14-19)30-20-11-9-18(10-12-20)25-17(2)24(27)26-22-7-5-6-8-23(22)28-3/h5-17,25H,4H2,1-3H3,(H,26,27)/t17-/m1/s1. The lowest BCUT2D eigenvalue weighted by Crippen LogP contribution is -2.31. The molecule has 0 saturated carbocycles. The molecule has 0 aliphatic rings. The van der Waals surface area contributed by atoms with Gasteiger partial charge in [0.1, 0.15) is 29.0 Å². The Hall–Kier alpha value is -3.67. The van der Waals surface area contributed by atoms with Crippen molar-refractivity contribution in [2.75, 3.05) is 24.4 Å². The summed E-state index contributed by atoms with van der Waals surface area (Å²) >= 11 is 0. The van der Waals surface area contributed by atoms with Crippen molar-refractivity contribution in [3.8, 4) is 23.0 Å². The van der Waals surface area contributed by atoms with Crippen LogP contribution < -0.4 is 24.8 Å². The molecule has 1 amide bonds. The fourth-order valence-corrected chi connectivity index (χ4v) is 2.83. The van der Waals surface area contributed by atoms with Crippen molar-refractivity contribution in [2.24, 2.45) is 0 Å². The van der Waals surface area contributed by atoms with E-state index in [4.69, 9.17) is 14.2 Å². The number of carbonyl (C=O) groups is 1. The van der Waals surface area contributed by atoms with Gasteiger partial charge in [-0.05, 0) is 74.5 Å². The van der Waals surface area contributed by atoms with E-state index in [1.54, 1.807) is 26.2 Å². The number of hydrogen-bond donors (Lipinski definition) is 2. The van der Waals surface area contributed by atoms with Gasteiger partial charge in [0.05, 0.1) is 19.4 Å². The molecule has 156 valence electrons. The van der Waals surface area contributed by atoms with E-state index in [-0.39, 0.29) is 5.91 Å². The summed E-state index contributed by atoms with van der Waals surface area (Å²) in [6.45, 7) is 4.38. The summed E-state index contributed by atoms with van der Waals surface area (Å²) in [5.41, 5.74) is 1.45. The van der Waals surface area contributed by atoms with Crippen molar-refractivity contribution < 1.29 is 19.0 Å². The van der Waals surface area contributed by atoms with Crippen LogP contribution in [0.3, 0.4) is 0 Å². The van der Waals surface area contributed by atoms with Crippen LogP contribution in [-0.2, 0) is 4.79 Å². The van der Waals surface area contributed by atoms with Crippen molar-refractivity contribution in [1.82, 2.24) is 0 Å². The summed E-state index contributed by atoms with van der Waals surface area (Å²) in [6.07, 6.45) is 0. The number of anilines is 2. The lowest BCUT2D eigenvalue weighted by molar-refractivity contribution is -0.116. The van der Waals surface area contributed by atoms with Gasteiger partial charge < -0.3 is 24.8 Å². The number of ether oxygens (including phenoxy) is 3. The Morgan fingerprint density at radius 3 is 2.13 bits per heavy atom. The molecule has 6 heteroatoms. The second-order valence-electron chi connectivity index (χ2n) is 6.59. The molecule has 0 spiro atoms. The largest absolute Gasteiger partial charge is 0.495 e. The molecule has 0 bridgehead atoms. The van der Waals surface area contributed by atoms with E-state index in [0.717, 1.165) is 17.2 Å². The number of benzene rings is 3. The van der Waals surface area contributed by atoms with Crippen LogP contribution in [0.2, 0.25) is 0 Å². The summed E-state index contributed by atoms with van der Waals surface area (Å²) in [5.74, 6) is 2.70. The molecule has 0 radical (unpaired) electrons. The van der Waals surface area contributed by atoms with Crippen molar-refractivity contribution in [1.29, 1.82) is 0 Å². The average Bonchev–Trinajstić information content (AvgIpc) is 2.77. The van der Waals surface area contributed by atoms with Crippen molar-refractivity contribution >= 4 is 17.3 Å². The molecular formula is C24H26N2O4. The molecule has 0 saturated heterocycles. The Kier molecular flexibility index (Phi) is 7.16. The number of para-hydroxylation sites is 2. The van der Waals surface area contributed by atoms with Gasteiger partial charge in [0.25, 0.3) is 0 Å². The predicted octanol–water partition coefficient (Wildman–Crippen LogP) is 5.33. The second-order valence-corrected chi connectivity index (χ2v) is 6.59. The van der Waals surface area contributed by atoms with Crippen LogP contribution in [0.25, 0.3) is 0 Å². The Balaban J connectivity index is 1.56. The van der Waals surface area contributed by atoms with Crippen LogP contribution in [0.1, 0.15) is 13.8 Å². The van der Waals surface area contributed by atoms with E-state index in [1.165, 1.54) is 0 Å². The first-order valence-electron chi connectivity index (χ1n) is 9.80. The monoisotopic (exact) mass is 406 g/mol. The number of amides is 1. The van der Waals surface area contributed by atoms with E-state index in [2.05, 4.69) is 10.6 Å². The lowest BCUT2D eigenvalue weighted by Gasteiger charge is -2.17. The van der Waals surface area contributed by atoms with Gasteiger partial charge in [-0.15, -0.1) is 0 Å². The minimum absolute atomic E-state index is 0.158. The van der Waals surface area contributed by atoms with Crippen LogP contribution in [0.5, 0.6) is 23.0 Å². The van der Waals surface area contributed by atoms with E-state index in [1.807, 2.05) is 67.6 Å². The van der Waals surface area contributed by atoms with Crippen LogP contribution in [0, 0.1) is 0 Å². The maximum absolute atomic E-state index is 12.5. The normalized spacial score (nSPS) is 11.3. The zero-order valence-electron chi connectivity index (χ0n) is 17.3. The highest BCUT2D eigenvalue weighted by Crippen LogP contribution is 2.26. The molecule has 0 aliphatic carbocycles. The topological polar surface area (TPSA) is 68.8 Å². The number of carbonyl (C=O) groups excluding carboxylic acids is 1. The van der Waals surface area contributed by atoms with E-state index < -0.39 is 6.04 Å². The van der Waals surface area contributed by atoms with Gasteiger partial charge in [-0.2, -0.15) is 0 Å². The quantitative estimate of drug-likeness (QED) is 0.503. The number of methoxy groups -OCH3 is 1. The van der Waals surface area contributed by atoms with Crippen molar-refractivity contribution in [2.45, 2.75) is 19.9 Å². The first-order chi connectivity index (χ1) is 14.6. The van der Waals surface area contributed by atoms with Crippen LogP contribution in [0.4, 0.5) is 11.4 Å². The Morgan fingerprint density at radius 2 is 1.50 bits per heavy atom. The third-order valence-corrected chi connectivity index (χ3v) is 4.37. The zero-order valence-corrected chi connectivity index (χ0v) is 17.3. The molecule has 0 aromatic heterocycles. The van der Waals surface area contributed by atoms with Crippen LogP contribution in [0.15, 0.2) is 72.8 Å². The minimum atomic E-state index is -0.437. The lowest BCUT2D eigenvalue weighted by atomic mass is 10.2. The molecule has 0 heterocycles. The summed E-state index contributed by atoms with van der Waals surface area (Å²) in [5, 5.41) is 6.06. The van der Waals surface area contributed by atoms with E-state index in [0.29, 0.717) is 23.8 Å². The Morgan fingerprint density at radius 1 is 0.900 bits per heavy atom.